The molecule has 0 heterocycles. The van der Waals surface area contributed by atoms with Crippen molar-refractivity contribution in [2.24, 2.45) is 0 Å². The van der Waals surface area contributed by atoms with E-state index in [0.29, 0.717) is 11.1 Å². The van der Waals surface area contributed by atoms with E-state index in [9.17, 15) is 4.79 Å². The smallest absolute Gasteiger partial charge is 0.365 e. The number of aryl methyl sites for hydroxylation is 1. The number of benzene rings is 2. The Labute approximate surface area is 227 Å². The normalized spacial score (nSPS) is 12.3. The van der Waals surface area contributed by atoms with E-state index in [1.807, 2.05) is 37.3 Å². The van der Waals surface area contributed by atoms with Crippen molar-refractivity contribution in [3.63, 3.8) is 0 Å². The number of hydrogen-bond donors (Lipinski definition) is 0. The van der Waals surface area contributed by atoms with Crippen LogP contribution < -0.4 is 4.74 Å². The minimum atomic E-state index is -0.203. The highest BCUT2D eigenvalue weighted by molar-refractivity contribution is 5.74. The molecule has 0 bridgehead atoms. The van der Waals surface area contributed by atoms with Crippen LogP contribution >= 0.6 is 0 Å². The van der Waals surface area contributed by atoms with Crippen molar-refractivity contribution in [2.75, 3.05) is 27.3 Å². The van der Waals surface area contributed by atoms with Crippen LogP contribution in [0.25, 0.3) is 0 Å². The lowest BCUT2D eigenvalue weighted by atomic mass is 10.0. The molecule has 0 aliphatic rings. The van der Waals surface area contributed by atoms with Crippen LogP contribution in [0, 0.1) is 0 Å². The fourth-order valence-corrected chi connectivity index (χ4v) is 5.08. The van der Waals surface area contributed by atoms with E-state index in [-0.39, 0.29) is 18.6 Å². The van der Waals surface area contributed by atoms with Crippen molar-refractivity contribution in [3.8, 4) is 5.75 Å². The molecule has 2 aromatic rings. The van der Waals surface area contributed by atoms with E-state index in [1.54, 1.807) is 0 Å². The average Bonchev–Trinajstić information content (AvgIpc) is 2.89. The molecule has 0 aromatic heterocycles. The molecule has 0 radical (unpaired) electrons. The quantitative estimate of drug-likeness (QED) is 0.102. The maximum Gasteiger partial charge on any atom is 0.365 e. The van der Waals surface area contributed by atoms with Crippen LogP contribution in [0.3, 0.4) is 0 Å². The van der Waals surface area contributed by atoms with Gasteiger partial charge in [0.05, 0.1) is 14.1 Å². The molecule has 0 aliphatic heterocycles. The highest BCUT2D eigenvalue weighted by Crippen LogP contribution is 2.19. The number of hydrogen-bond acceptors (Lipinski definition) is 3. The largest absolute Gasteiger partial charge is 0.490 e. The first-order valence-corrected chi connectivity index (χ1v) is 14.7. The fraction of sp³-hybridized carbons (Fsp3) is 0.606. The van der Waals surface area contributed by atoms with Gasteiger partial charge in [0.2, 0.25) is 0 Å². The monoisotopic (exact) mass is 510 g/mol. The Morgan fingerprint density at radius 2 is 1.32 bits per heavy atom. The Morgan fingerprint density at radius 1 is 0.730 bits per heavy atom. The number of carbonyl (C=O) groups is 1. The van der Waals surface area contributed by atoms with E-state index in [0.717, 1.165) is 25.1 Å². The van der Waals surface area contributed by atoms with Crippen LogP contribution in [-0.2, 0) is 22.5 Å². The number of nitrogens with zero attached hydrogens (tertiary/aromatic N) is 1. The topological polar surface area (TPSA) is 35.5 Å². The summed E-state index contributed by atoms with van der Waals surface area (Å²) >= 11 is 0. The molecule has 4 nitrogen and oxygen atoms in total. The van der Waals surface area contributed by atoms with Crippen molar-refractivity contribution < 1.29 is 18.8 Å². The first-order valence-electron chi connectivity index (χ1n) is 14.7. The van der Waals surface area contributed by atoms with E-state index >= 15 is 0 Å². The minimum Gasteiger partial charge on any atom is -0.490 e. The second kappa shape index (κ2) is 18.0. The third-order valence-electron chi connectivity index (χ3n) is 7.27. The Morgan fingerprint density at radius 3 is 1.92 bits per heavy atom. The fourth-order valence-electron chi connectivity index (χ4n) is 5.08. The first-order chi connectivity index (χ1) is 18.0. The van der Waals surface area contributed by atoms with Gasteiger partial charge < -0.3 is 14.0 Å². The standard InChI is InChI=1S/C33H52NO3/c1-5-7-8-9-10-11-12-13-14-16-19-29-22-24-31(25-23-29)36-26-27-37-33(35)32(6-2)34(3,4)28-30-20-17-15-18-21-30/h15,17-18,20-25,32H,5-14,16,19,26-28H2,1-4H3/q+1. The maximum absolute atomic E-state index is 12.8. The van der Waals surface area contributed by atoms with E-state index in [2.05, 4.69) is 45.3 Å². The zero-order valence-corrected chi connectivity index (χ0v) is 24.1. The zero-order valence-electron chi connectivity index (χ0n) is 24.1. The molecule has 37 heavy (non-hydrogen) atoms. The van der Waals surface area contributed by atoms with Gasteiger partial charge in [0.1, 0.15) is 25.5 Å². The van der Waals surface area contributed by atoms with Gasteiger partial charge in [-0.2, -0.15) is 0 Å². The minimum absolute atomic E-state index is 0.154. The lowest BCUT2D eigenvalue weighted by Gasteiger charge is -2.36. The summed E-state index contributed by atoms with van der Waals surface area (Å²) in [4.78, 5) is 12.8. The van der Waals surface area contributed by atoms with Crippen molar-refractivity contribution in [1.29, 1.82) is 0 Å². The molecule has 4 heteroatoms. The van der Waals surface area contributed by atoms with Gasteiger partial charge in [0.25, 0.3) is 0 Å². The van der Waals surface area contributed by atoms with Crippen molar-refractivity contribution in [1.82, 2.24) is 0 Å². The van der Waals surface area contributed by atoms with Gasteiger partial charge in [0.15, 0.2) is 6.04 Å². The highest BCUT2D eigenvalue weighted by atomic mass is 16.6. The summed E-state index contributed by atoms with van der Waals surface area (Å²) in [5, 5.41) is 0. The van der Waals surface area contributed by atoms with Crippen LogP contribution in [0.5, 0.6) is 5.75 Å². The number of ether oxygens (including phenoxy) is 2. The Kier molecular flexibility index (Phi) is 15.0. The molecule has 1 unspecified atom stereocenters. The lowest BCUT2D eigenvalue weighted by Crippen LogP contribution is -2.52. The third-order valence-corrected chi connectivity index (χ3v) is 7.27. The molecular formula is C33H52NO3+. The predicted octanol–water partition coefficient (Wildman–Crippen LogP) is 8.13. The second-order valence-corrected chi connectivity index (χ2v) is 10.9. The Balaban J connectivity index is 1.60. The SMILES string of the molecule is CCCCCCCCCCCCc1ccc(OCCOC(=O)C(CC)[N+](C)(C)Cc2ccccc2)cc1. The van der Waals surface area contributed by atoms with Gasteiger partial charge in [0, 0.05) is 12.0 Å². The summed E-state index contributed by atoms with van der Waals surface area (Å²) in [6.45, 7) is 5.74. The van der Waals surface area contributed by atoms with E-state index in [1.165, 1.54) is 75.3 Å². The highest BCUT2D eigenvalue weighted by Gasteiger charge is 2.34. The number of esters is 1. The summed E-state index contributed by atoms with van der Waals surface area (Å²) in [6.07, 6.45) is 15.5. The molecule has 0 saturated heterocycles. The van der Waals surface area contributed by atoms with Crippen LogP contribution in [0.2, 0.25) is 0 Å². The van der Waals surface area contributed by atoms with Gasteiger partial charge in [-0.1, -0.05) is 114 Å². The van der Waals surface area contributed by atoms with Gasteiger partial charge >= 0.3 is 5.97 Å². The summed E-state index contributed by atoms with van der Waals surface area (Å²) < 4.78 is 12.0. The van der Waals surface area contributed by atoms with Crippen LogP contribution in [0.4, 0.5) is 0 Å². The maximum atomic E-state index is 12.8. The number of rotatable bonds is 20. The molecule has 0 N–H and O–H groups in total. The van der Waals surface area contributed by atoms with Gasteiger partial charge in [-0.05, 0) is 30.5 Å². The second-order valence-electron chi connectivity index (χ2n) is 10.9. The molecule has 0 fully saturated rings. The molecule has 2 aromatic carbocycles. The lowest BCUT2D eigenvalue weighted by molar-refractivity contribution is -0.919. The van der Waals surface area contributed by atoms with Crippen LogP contribution in [0.15, 0.2) is 54.6 Å². The first kappa shape index (κ1) is 30.9. The number of carbonyl (C=O) groups excluding carboxylic acids is 1. The summed E-state index contributed by atoms with van der Waals surface area (Å²) in [5.74, 6) is 0.675. The van der Waals surface area contributed by atoms with E-state index < -0.39 is 0 Å². The van der Waals surface area contributed by atoms with Crippen molar-refractivity contribution >= 4 is 5.97 Å². The molecule has 0 amide bonds. The molecular weight excluding hydrogens is 458 g/mol. The van der Waals surface area contributed by atoms with Crippen LogP contribution in [0.1, 0.15) is 95.6 Å². The van der Waals surface area contributed by atoms with Crippen molar-refractivity contribution in [2.45, 2.75) is 103 Å². The van der Waals surface area contributed by atoms with Gasteiger partial charge in [-0.15, -0.1) is 0 Å². The van der Waals surface area contributed by atoms with E-state index in [4.69, 9.17) is 9.47 Å². The van der Waals surface area contributed by atoms with Crippen molar-refractivity contribution in [3.05, 3.63) is 65.7 Å². The molecule has 0 saturated carbocycles. The molecule has 2 rings (SSSR count). The van der Waals surface area contributed by atoms with Crippen LogP contribution in [-0.4, -0.2) is 43.8 Å². The third kappa shape index (κ3) is 12.6. The number of likely N-dealkylation sites (N-methyl/N-ethyl adjacent to an activating group) is 1. The zero-order chi connectivity index (χ0) is 26.8. The summed E-state index contributed by atoms with van der Waals surface area (Å²) in [7, 11) is 4.19. The predicted molar refractivity (Wildman–Crippen MR) is 155 cm³/mol. The average molecular weight is 511 g/mol. The summed E-state index contributed by atoms with van der Waals surface area (Å²) in [5.41, 5.74) is 2.58. The molecule has 0 spiro atoms. The summed E-state index contributed by atoms with van der Waals surface area (Å²) in [6, 6.07) is 18.5. The van der Waals surface area contributed by atoms with Gasteiger partial charge in [-0.25, -0.2) is 4.79 Å². The Hall–Kier alpha value is -2.33. The number of quaternary nitrogens is 1. The molecule has 206 valence electrons. The van der Waals surface area contributed by atoms with Gasteiger partial charge in [-0.3, -0.25) is 0 Å². The molecule has 1 atom stereocenters. The molecule has 0 aliphatic carbocycles. The number of unbranched alkanes of at least 4 members (excludes halogenated alkanes) is 9. The Bertz CT molecular complexity index is 848.